The first-order chi connectivity index (χ1) is 17.6. The molecule has 0 aliphatic carbocycles. The zero-order valence-corrected chi connectivity index (χ0v) is 20.4. The van der Waals surface area contributed by atoms with E-state index in [4.69, 9.17) is 4.98 Å². The highest BCUT2D eigenvalue weighted by Crippen LogP contribution is 2.33. The number of rotatable bonds is 5. The molecular formula is C28H31N5O3. The van der Waals surface area contributed by atoms with Crippen LogP contribution in [0.2, 0.25) is 0 Å². The Morgan fingerprint density at radius 2 is 1.64 bits per heavy atom. The summed E-state index contributed by atoms with van der Waals surface area (Å²) in [5, 5.41) is 2.99. The maximum atomic E-state index is 13.6. The van der Waals surface area contributed by atoms with Gasteiger partial charge in [0.15, 0.2) is 0 Å². The molecule has 2 aliphatic rings. The Balaban J connectivity index is 1.62. The molecule has 5 rings (SSSR count). The van der Waals surface area contributed by atoms with Gasteiger partial charge in [-0.15, -0.1) is 0 Å². The van der Waals surface area contributed by atoms with E-state index in [1.165, 1.54) is 6.08 Å². The molecular weight excluding hydrogens is 454 g/mol. The summed E-state index contributed by atoms with van der Waals surface area (Å²) in [6.07, 6.45) is 5.94. The lowest BCUT2D eigenvalue weighted by Crippen LogP contribution is -2.35. The number of likely N-dealkylation sites (tertiary alicyclic amines) is 2. The number of hydrogen-bond acceptors (Lipinski definition) is 4. The first-order valence-corrected chi connectivity index (χ1v) is 12.6. The van der Waals surface area contributed by atoms with Crippen molar-refractivity contribution in [3.05, 3.63) is 72.3 Å². The highest BCUT2D eigenvalue weighted by atomic mass is 16.2. The molecule has 0 saturated carbocycles. The van der Waals surface area contributed by atoms with Crippen LogP contribution in [-0.2, 0) is 4.79 Å². The molecule has 36 heavy (non-hydrogen) atoms. The number of imidazole rings is 1. The van der Waals surface area contributed by atoms with Crippen LogP contribution in [0.25, 0.3) is 11.0 Å². The maximum absolute atomic E-state index is 13.6. The first kappa shape index (κ1) is 23.8. The fourth-order valence-electron chi connectivity index (χ4n) is 5.28. The van der Waals surface area contributed by atoms with Crippen LogP contribution in [0.1, 0.15) is 58.9 Å². The molecule has 1 aromatic heterocycles. The Morgan fingerprint density at radius 1 is 0.917 bits per heavy atom. The molecule has 0 radical (unpaired) electrons. The fraction of sp³-hybridized carbons (Fsp3) is 0.357. The Morgan fingerprint density at radius 3 is 2.39 bits per heavy atom. The van der Waals surface area contributed by atoms with E-state index in [1.807, 2.05) is 45.9 Å². The minimum atomic E-state index is -0.271. The predicted octanol–water partition coefficient (Wildman–Crippen LogP) is 4.26. The van der Waals surface area contributed by atoms with Gasteiger partial charge in [-0.05, 0) is 62.4 Å². The number of nitrogens with zero attached hydrogens (tertiary/aromatic N) is 4. The summed E-state index contributed by atoms with van der Waals surface area (Å²) in [4.78, 5) is 47.7. The number of fused-ring (bicyclic) bond motifs is 1. The van der Waals surface area contributed by atoms with Crippen LogP contribution >= 0.6 is 0 Å². The van der Waals surface area contributed by atoms with Gasteiger partial charge in [0.25, 0.3) is 11.8 Å². The van der Waals surface area contributed by atoms with Gasteiger partial charge in [0.1, 0.15) is 0 Å². The number of nitrogens with one attached hydrogen (secondary N) is 1. The molecule has 2 aromatic carbocycles. The summed E-state index contributed by atoms with van der Waals surface area (Å²) in [6.45, 7) is 6.25. The van der Waals surface area contributed by atoms with Gasteiger partial charge in [-0.2, -0.15) is 0 Å². The number of anilines is 1. The fourth-order valence-corrected chi connectivity index (χ4v) is 5.28. The molecule has 3 aromatic rings. The molecule has 1 atom stereocenters. The second kappa shape index (κ2) is 10.4. The number of para-hydroxylation sites is 1. The van der Waals surface area contributed by atoms with E-state index in [1.54, 1.807) is 17.0 Å². The minimum Gasteiger partial charge on any atom is -0.339 e. The zero-order chi connectivity index (χ0) is 25.1. The van der Waals surface area contributed by atoms with Crippen molar-refractivity contribution in [2.45, 2.75) is 38.1 Å². The summed E-state index contributed by atoms with van der Waals surface area (Å²) in [7, 11) is 0. The smallest absolute Gasteiger partial charge is 0.257 e. The van der Waals surface area contributed by atoms with Crippen LogP contribution in [0, 0.1) is 0 Å². The minimum absolute atomic E-state index is 0.0205. The summed E-state index contributed by atoms with van der Waals surface area (Å²) >= 11 is 0. The van der Waals surface area contributed by atoms with Crippen molar-refractivity contribution < 1.29 is 14.4 Å². The average Bonchev–Trinajstić information content (AvgIpc) is 3.50. The van der Waals surface area contributed by atoms with Gasteiger partial charge in [-0.1, -0.05) is 30.8 Å². The first-order valence-electron chi connectivity index (χ1n) is 12.6. The van der Waals surface area contributed by atoms with Crippen molar-refractivity contribution in [3.63, 3.8) is 0 Å². The van der Waals surface area contributed by atoms with Crippen molar-refractivity contribution >= 4 is 34.7 Å². The summed E-state index contributed by atoms with van der Waals surface area (Å²) in [5.74, 6) is -0.0203. The topological polar surface area (TPSA) is 87.5 Å². The third kappa shape index (κ3) is 4.63. The van der Waals surface area contributed by atoms with E-state index in [0.29, 0.717) is 41.2 Å². The summed E-state index contributed by atoms with van der Waals surface area (Å²) < 4.78 is 1.98. The van der Waals surface area contributed by atoms with Crippen molar-refractivity contribution in [1.29, 1.82) is 0 Å². The van der Waals surface area contributed by atoms with Gasteiger partial charge in [0.05, 0.1) is 22.6 Å². The third-order valence-electron chi connectivity index (χ3n) is 7.09. The largest absolute Gasteiger partial charge is 0.339 e. The molecule has 3 amide bonds. The Hall–Kier alpha value is -3.94. The zero-order valence-electron chi connectivity index (χ0n) is 20.4. The van der Waals surface area contributed by atoms with Crippen LogP contribution < -0.4 is 5.32 Å². The molecule has 2 aliphatic heterocycles. The Bertz CT molecular complexity index is 1290. The van der Waals surface area contributed by atoms with E-state index in [2.05, 4.69) is 11.9 Å². The third-order valence-corrected chi connectivity index (χ3v) is 7.09. The molecule has 1 unspecified atom stereocenters. The van der Waals surface area contributed by atoms with Gasteiger partial charge in [0, 0.05) is 31.7 Å². The van der Waals surface area contributed by atoms with Crippen molar-refractivity contribution in [3.8, 4) is 0 Å². The summed E-state index contributed by atoms with van der Waals surface area (Å²) in [5.41, 5.74) is 2.45. The second-order valence-electron chi connectivity index (χ2n) is 9.44. The monoisotopic (exact) mass is 485 g/mol. The van der Waals surface area contributed by atoms with Crippen molar-refractivity contribution in [2.75, 3.05) is 31.5 Å². The second-order valence-corrected chi connectivity index (χ2v) is 9.44. The van der Waals surface area contributed by atoms with Crippen LogP contribution in [0.5, 0.6) is 0 Å². The molecule has 8 nitrogen and oxygen atoms in total. The normalized spacial score (nSPS) is 18.2. The molecule has 8 heteroatoms. The average molecular weight is 486 g/mol. The van der Waals surface area contributed by atoms with Gasteiger partial charge in [-0.25, -0.2) is 4.98 Å². The van der Waals surface area contributed by atoms with Crippen LogP contribution in [-0.4, -0.2) is 63.3 Å². The highest BCUT2D eigenvalue weighted by Gasteiger charge is 2.30. The Labute approximate surface area is 210 Å². The molecule has 3 heterocycles. The number of carbonyl (C=O) groups is 3. The Kier molecular flexibility index (Phi) is 6.84. The number of aromatic nitrogens is 2. The van der Waals surface area contributed by atoms with Crippen LogP contribution in [0.3, 0.4) is 0 Å². The quantitative estimate of drug-likeness (QED) is 0.547. The van der Waals surface area contributed by atoms with Gasteiger partial charge < -0.3 is 14.4 Å². The lowest BCUT2D eigenvalue weighted by molar-refractivity contribution is -0.126. The predicted molar refractivity (Wildman–Crippen MR) is 139 cm³/mol. The van der Waals surface area contributed by atoms with Gasteiger partial charge in [-0.3, -0.25) is 19.7 Å². The molecule has 2 fully saturated rings. The van der Waals surface area contributed by atoms with E-state index in [-0.39, 0.29) is 23.8 Å². The van der Waals surface area contributed by atoms with E-state index in [9.17, 15) is 14.4 Å². The standard InChI is InChI=1S/C28H31N5O3/c1-2-24(34)32-18-7-6-13-21(19-32)33-25-22(27(36)31-16-8-9-17-31)14-10-15-23(25)29-28(33)30-26(35)20-11-4-3-5-12-20/h2-5,10-12,14-15,21H,1,6-9,13,16-19H2,(H,29,30,35). The number of benzene rings is 2. The molecule has 2 saturated heterocycles. The number of amides is 3. The molecule has 1 N–H and O–H groups in total. The van der Waals surface area contributed by atoms with Gasteiger partial charge >= 0.3 is 0 Å². The van der Waals surface area contributed by atoms with E-state index >= 15 is 0 Å². The van der Waals surface area contributed by atoms with Gasteiger partial charge in [0.2, 0.25) is 11.9 Å². The van der Waals surface area contributed by atoms with Crippen molar-refractivity contribution in [1.82, 2.24) is 19.4 Å². The van der Waals surface area contributed by atoms with Crippen molar-refractivity contribution in [2.24, 2.45) is 0 Å². The van der Waals surface area contributed by atoms with Crippen LogP contribution in [0.15, 0.2) is 61.2 Å². The highest BCUT2D eigenvalue weighted by molar-refractivity contribution is 6.08. The van der Waals surface area contributed by atoms with E-state index < -0.39 is 0 Å². The molecule has 0 bridgehead atoms. The number of carbonyl (C=O) groups excluding carboxylic acids is 3. The molecule has 0 spiro atoms. The molecule has 186 valence electrons. The lowest BCUT2D eigenvalue weighted by atomic mass is 10.1. The lowest BCUT2D eigenvalue weighted by Gasteiger charge is -2.27. The summed E-state index contributed by atoms with van der Waals surface area (Å²) in [6, 6.07) is 14.4. The SMILES string of the molecule is C=CC(=O)N1CCCCC(n2c(NC(=O)c3ccccc3)nc3cccc(C(=O)N4CCCC4)c32)C1. The number of hydrogen-bond donors (Lipinski definition) is 1. The van der Waals surface area contributed by atoms with E-state index in [0.717, 1.165) is 45.2 Å². The maximum Gasteiger partial charge on any atom is 0.257 e. The van der Waals surface area contributed by atoms with Crippen LogP contribution in [0.4, 0.5) is 5.95 Å².